The highest BCUT2D eigenvalue weighted by Crippen LogP contribution is 2.26. The van der Waals surface area contributed by atoms with Gasteiger partial charge in [-0.25, -0.2) is 4.79 Å². The van der Waals surface area contributed by atoms with E-state index >= 15 is 0 Å². The van der Waals surface area contributed by atoms with Crippen LogP contribution >= 0.6 is 31.9 Å². The lowest BCUT2D eigenvalue weighted by atomic mass is 9.98. The maximum absolute atomic E-state index is 11.4. The highest BCUT2D eigenvalue weighted by Gasteiger charge is 2.21. The third-order valence-electron chi connectivity index (χ3n) is 2.21. The Hall–Kier alpha value is -0.720. The zero-order chi connectivity index (χ0) is 13.0. The van der Waals surface area contributed by atoms with Crippen LogP contribution in [0.5, 0.6) is 0 Å². The van der Waals surface area contributed by atoms with Crippen molar-refractivity contribution < 1.29 is 19.8 Å². The summed E-state index contributed by atoms with van der Waals surface area (Å²) >= 11 is 6.29. The number of hydrogen-bond acceptors (Lipinski definition) is 3. The Morgan fingerprint density at radius 2 is 2.00 bits per heavy atom. The molecule has 0 saturated carbocycles. The maximum Gasteiger partial charge on any atom is 0.337 e. The molecule has 92 valence electrons. The third-order valence-corrected chi connectivity index (χ3v) is 3.57. The Balaban J connectivity index is 3.17. The van der Waals surface area contributed by atoms with Gasteiger partial charge in [0.05, 0.1) is 5.33 Å². The smallest absolute Gasteiger partial charge is 0.337 e. The molecular formula is C11H10Br2O4. The number of hydrogen-bond donors (Lipinski definition) is 2. The van der Waals surface area contributed by atoms with Crippen LogP contribution in [0.4, 0.5) is 0 Å². The number of carbonyl (C=O) groups is 2. The molecule has 0 aliphatic carbocycles. The van der Waals surface area contributed by atoms with Crippen molar-refractivity contribution in [2.24, 2.45) is 0 Å². The summed E-state index contributed by atoms with van der Waals surface area (Å²) < 4.78 is 0.615. The van der Waals surface area contributed by atoms with Gasteiger partial charge in [-0.1, -0.05) is 44.0 Å². The quantitative estimate of drug-likeness (QED) is 0.783. The first-order valence-electron chi connectivity index (χ1n) is 4.73. The number of Topliss-reactive ketones (excluding diaryl/α,β-unsaturated/α-hetero) is 1. The normalized spacial score (nSPS) is 12.2. The number of aliphatic hydroxyl groups is 1. The molecule has 1 rings (SSSR count). The van der Waals surface area contributed by atoms with Gasteiger partial charge < -0.3 is 10.2 Å². The van der Waals surface area contributed by atoms with Gasteiger partial charge in [-0.05, 0) is 17.2 Å². The summed E-state index contributed by atoms with van der Waals surface area (Å²) in [5.41, 5.74) is 0.744. The monoisotopic (exact) mass is 364 g/mol. The van der Waals surface area contributed by atoms with Crippen LogP contribution in [-0.2, 0) is 16.0 Å². The van der Waals surface area contributed by atoms with Crippen LogP contribution in [-0.4, -0.2) is 27.3 Å². The standard InChI is InChI=1S/C11H10Br2O4/c12-5-6(14)4-8-7(10(15)11(16)17)2-1-3-9(8)13/h1-3,10,15H,4-5H2,(H,16,17). The topological polar surface area (TPSA) is 74.6 Å². The number of benzene rings is 1. The van der Waals surface area contributed by atoms with Crippen LogP contribution in [0.2, 0.25) is 0 Å². The Kier molecular flexibility index (Phi) is 5.30. The van der Waals surface area contributed by atoms with Crippen molar-refractivity contribution >= 4 is 43.6 Å². The second-order valence-electron chi connectivity index (χ2n) is 3.40. The van der Waals surface area contributed by atoms with Crippen LogP contribution in [0, 0.1) is 0 Å². The van der Waals surface area contributed by atoms with E-state index in [1.807, 2.05) is 0 Å². The fraction of sp³-hybridized carbons (Fsp3) is 0.273. The van der Waals surface area contributed by atoms with Gasteiger partial charge in [0.15, 0.2) is 6.10 Å². The van der Waals surface area contributed by atoms with Gasteiger partial charge in [-0.3, -0.25) is 4.79 Å². The van der Waals surface area contributed by atoms with Gasteiger partial charge in [-0.15, -0.1) is 0 Å². The predicted molar refractivity (Wildman–Crippen MR) is 69.2 cm³/mol. The van der Waals surface area contributed by atoms with Crippen molar-refractivity contribution in [3.05, 3.63) is 33.8 Å². The van der Waals surface area contributed by atoms with E-state index in [4.69, 9.17) is 5.11 Å². The van der Waals surface area contributed by atoms with Gasteiger partial charge in [0, 0.05) is 10.9 Å². The van der Waals surface area contributed by atoms with E-state index in [-0.39, 0.29) is 23.1 Å². The highest BCUT2D eigenvalue weighted by molar-refractivity contribution is 9.10. The Labute approximate surface area is 115 Å². The molecule has 0 saturated heterocycles. The number of carboxylic acid groups (broad SMARTS) is 1. The van der Waals surface area contributed by atoms with E-state index in [0.717, 1.165) is 0 Å². The van der Waals surface area contributed by atoms with E-state index in [1.165, 1.54) is 6.07 Å². The van der Waals surface area contributed by atoms with Gasteiger partial charge in [0.25, 0.3) is 0 Å². The van der Waals surface area contributed by atoms with Crippen molar-refractivity contribution in [2.45, 2.75) is 12.5 Å². The molecule has 0 fully saturated rings. The molecule has 0 amide bonds. The number of ketones is 1. The number of halogens is 2. The zero-order valence-corrected chi connectivity index (χ0v) is 11.9. The highest BCUT2D eigenvalue weighted by atomic mass is 79.9. The number of carbonyl (C=O) groups excluding carboxylic acids is 1. The largest absolute Gasteiger partial charge is 0.479 e. The molecular weight excluding hydrogens is 356 g/mol. The summed E-state index contributed by atoms with van der Waals surface area (Å²) in [6, 6.07) is 4.82. The molecule has 0 heterocycles. The minimum Gasteiger partial charge on any atom is -0.479 e. The van der Waals surface area contributed by atoms with Gasteiger partial charge >= 0.3 is 5.97 Å². The second-order valence-corrected chi connectivity index (χ2v) is 4.81. The van der Waals surface area contributed by atoms with Crippen molar-refractivity contribution in [2.75, 3.05) is 5.33 Å². The molecule has 0 radical (unpaired) electrons. The van der Waals surface area contributed by atoms with E-state index < -0.39 is 12.1 Å². The SMILES string of the molecule is O=C(CBr)Cc1c(Br)cccc1C(O)C(=O)O. The molecule has 1 aromatic carbocycles. The van der Waals surface area contributed by atoms with Crippen LogP contribution in [0.1, 0.15) is 17.2 Å². The Morgan fingerprint density at radius 3 is 2.53 bits per heavy atom. The lowest BCUT2D eigenvalue weighted by Gasteiger charge is -2.13. The van der Waals surface area contributed by atoms with E-state index in [2.05, 4.69) is 31.9 Å². The van der Waals surface area contributed by atoms with E-state index in [9.17, 15) is 14.7 Å². The number of rotatable bonds is 5. The molecule has 17 heavy (non-hydrogen) atoms. The number of carboxylic acids is 1. The molecule has 4 nitrogen and oxygen atoms in total. The molecule has 1 aromatic rings. The fourth-order valence-electron chi connectivity index (χ4n) is 1.40. The third kappa shape index (κ3) is 3.62. The van der Waals surface area contributed by atoms with Crippen LogP contribution in [0.3, 0.4) is 0 Å². The van der Waals surface area contributed by atoms with Gasteiger partial charge in [0.2, 0.25) is 0 Å². The average Bonchev–Trinajstić information content (AvgIpc) is 2.30. The minimum atomic E-state index is -1.62. The summed E-state index contributed by atoms with van der Waals surface area (Å²) in [5, 5.41) is 18.5. The summed E-state index contributed by atoms with van der Waals surface area (Å²) in [6.07, 6.45) is -1.54. The van der Waals surface area contributed by atoms with Crippen molar-refractivity contribution in [3.63, 3.8) is 0 Å². The lowest BCUT2D eigenvalue weighted by Crippen LogP contribution is -2.15. The molecule has 2 N–H and O–H groups in total. The molecule has 1 atom stereocenters. The molecule has 0 aliphatic rings. The summed E-state index contributed by atoms with van der Waals surface area (Å²) in [4.78, 5) is 22.1. The first-order valence-corrected chi connectivity index (χ1v) is 6.64. The summed E-state index contributed by atoms with van der Waals surface area (Å²) in [5.74, 6) is -1.42. The number of alkyl halides is 1. The number of aliphatic carboxylic acids is 1. The Bertz CT molecular complexity index is 445. The van der Waals surface area contributed by atoms with Gasteiger partial charge in [0.1, 0.15) is 5.78 Å². The average molecular weight is 366 g/mol. The molecule has 0 bridgehead atoms. The fourth-order valence-corrected chi connectivity index (χ4v) is 2.12. The second kappa shape index (κ2) is 6.28. The summed E-state index contributed by atoms with van der Waals surface area (Å²) in [7, 11) is 0. The zero-order valence-electron chi connectivity index (χ0n) is 8.69. The lowest BCUT2D eigenvalue weighted by molar-refractivity contribution is -0.147. The van der Waals surface area contributed by atoms with Crippen molar-refractivity contribution in [3.8, 4) is 0 Å². The number of aliphatic hydroxyl groups excluding tert-OH is 1. The first-order chi connectivity index (χ1) is 7.97. The van der Waals surface area contributed by atoms with Crippen LogP contribution in [0.15, 0.2) is 22.7 Å². The Morgan fingerprint density at radius 1 is 1.35 bits per heavy atom. The van der Waals surface area contributed by atoms with Crippen LogP contribution in [0.25, 0.3) is 0 Å². The van der Waals surface area contributed by atoms with Crippen molar-refractivity contribution in [1.82, 2.24) is 0 Å². The molecule has 6 heteroatoms. The summed E-state index contributed by atoms with van der Waals surface area (Å²) in [6.45, 7) is 0. The van der Waals surface area contributed by atoms with Crippen LogP contribution < -0.4 is 0 Å². The molecule has 1 unspecified atom stereocenters. The first kappa shape index (κ1) is 14.3. The predicted octanol–water partition coefficient (Wildman–Crippen LogP) is 2.07. The minimum absolute atomic E-state index is 0.0757. The molecule has 0 spiro atoms. The molecule has 0 aromatic heterocycles. The maximum atomic E-state index is 11.4. The molecule has 0 aliphatic heterocycles. The van der Waals surface area contributed by atoms with E-state index in [1.54, 1.807) is 12.1 Å². The van der Waals surface area contributed by atoms with E-state index in [0.29, 0.717) is 10.0 Å². The van der Waals surface area contributed by atoms with Crippen molar-refractivity contribution in [1.29, 1.82) is 0 Å². The van der Waals surface area contributed by atoms with Gasteiger partial charge in [-0.2, -0.15) is 0 Å².